The Morgan fingerprint density at radius 2 is 2.05 bits per heavy atom. The Hall–Kier alpha value is -0.870. The van der Waals surface area contributed by atoms with E-state index in [1.54, 1.807) is 0 Å². The topological polar surface area (TPSA) is 35.2 Å². The van der Waals surface area contributed by atoms with Gasteiger partial charge in [0, 0.05) is 30.4 Å². The standard InChI is InChI=1S/C15H26N4/c1-3-18-7-5-14(6-8-18)19-9-4-13(11-19)15-16-10-12(2)17-15/h10,13-14H,3-9,11H2,1-2H3,(H,16,17). The van der Waals surface area contributed by atoms with Gasteiger partial charge in [0.05, 0.1) is 0 Å². The number of nitrogens with one attached hydrogen (secondary N) is 1. The predicted octanol–water partition coefficient (Wildman–Crippen LogP) is 1.99. The molecule has 1 aromatic heterocycles. The highest BCUT2D eigenvalue weighted by molar-refractivity contribution is 5.07. The number of rotatable bonds is 3. The molecule has 2 saturated heterocycles. The molecule has 0 bridgehead atoms. The van der Waals surface area contributed by atoms with E-state index in [0.29, 0.717) is 5.92 Å². The van der Waals surface area contributed by atoms with Crippen LogP contribution in [0.15, 0.2) is 6.20 Å². The maximum atomic E-state index is 4.51. The molecule has 0 amide bonds. The third-order valence-corrected chi connectivity index (χ3v) is 4.85. The van der Waals surface area contributed by atoms with Crippen molar-refractivity contribution in [1.82, 2.24) is 19.8 Å². The minimum atomic E-state index is 0.623. The molecule has 2 aliphatic heterocycles. The minimum absolute atomic E-state index is 0.623. The molecule has 19 heavy (non-hydrogen) atoms. The van der Waals surface area contributed by atoms with Gasteiger partial charge in [-0.1, -0.05) is 6.92 Å². The van der Waals surface area contributed by atoms with Crippen molar-refractivity contribution in [2.45, 2.75) is 45.1 Å². The number of H-pyrrole nitrogens is 1. The van der Waals surface area contributed by atoms with Crippen LogP contribution in [0, 0.1) is 6.92 Å². The van der Waals surface area contributed by atoms with Crippen LogP contribution in [0.1, 0.15) is 43.6 Å². The van der Waals surface area contributed by atoms with E-state index in [1.807, 2.05) is 6.20 Å². The van der Waals surface area contributed by atoms with Crippen molar-refractivity contribution in [2.24, 2.45) is 0 Å². The molecule has 1 atom stereocenters. The summed E-state index contributed by atoms with van der Waals surface area (Å²) in [4.78, 5) is 13.2. The van der Waals surface area contributed by atoms with Crippen molar-refractivity contribution < 1.29 is 0 Å². The molecule has 3 heterocycles. The molecular weight excluding hydrogens is 236 g/mol. The van der Waals surface area contributed by atoms with Crippen LogP contribution in [0.4, 0.5) is 0 Å². The lowest BCUT2D eigenvalue weighted by Gasteiger charge is -2.36. The van der Waals surface area contributed by atoms with Crippen LogP contribution in [0.25, 0.3) is 0 Å². The fourth-order valence-corrected chi connectivity index (χ4v) is 3.58. The first-order valence-electron chi connectivity index (χ1n) is 7.74. The molecule has 0 aliphatic carbocycles. The minimum Gasteiger partial charge on any atom is -0.346 e. The Labute approximate surface area is 116 Å². The van der Waals surface area contributed by atoms with Gasteiger partial charge in [-0.2, -0.15) is 0 Å². The van der Waals surface area contributed by atoms with Crippen LogP contribution in [-0.4, -0.2) is 58.5 Å². The van der Waals surface area contributed by atoms with E-state index in [9.17, 15) is 0 Å². The molecule has 0 spiro atoms. The summed E-state index contributed by atoms with van der Waals surface area (Å²) < 4.78 is 0. The van der Waals surface area contributed by atoms with E-state index >= 15 is 0 Å². The lowest BCUT2D eigenvalue weighted by Crippen LogP contribution is -2.43. The molecule has 4 heteroatoms. The van der Waals surface area contributed by atoms with Crippen LogP contribution in [0.3, 0.4) is 0 Å². The maximum absolute atomic E-state index is 4.51. The third kappa shape index (κ3) is 2.84. The first kappa shape index (κ1) is 13.1. The molecule has 1 unspecified atom stereocenters. The molecule has 1 N–H and O–H groups in total. The zero-order valence-corrected chi connectivity index (χ0v) is 12.2. The van der Waals surface area contributed by atoms with Crippen molar-refractivity contribution in [3.8, 4) is 0 Å². The van der Waals surface area contributed by atoms with Gasteiger partial charge in [0.25, 0.3) is 0 Å². The van der Waals surface area contributed by atoms with Gasteiger partial charge >= 0.3 is 0 Å². The van der Waals surface area contributed by atoms with Crippen LogP contribution < -0.4 is 0 Å². The molecule has 0 saturated carbocycles. The van der Waals surface area contributed by atoms with E-state index in [2.05, 4.69) is 33.6 Å². The van der Waals surface area contributed by atoms with E-state index in [4.69, 9.17) is 0 Å². The Morgan fingerprint density at radius 3 is 2.68 bits per heavy atom. The molecule has 1 aromatic rings. The quantitative estimate of drug-likeness (QED) is 0.905. The van der Waals surface area contributed by atoms with E-state index < -0.39 is 0 Å². The number of aryl methyl sites for hydroxylation is 1. The zero-order chi connectivity index (χ0) is 13.2. The monoisotopic (exact) mass is 262 g/mol. The summed E-state index contributed by atoms with van der Waals surface area (Å²) in [7, 11) is 0. The summed E-state index contributed by atoms with van der Waals surface area (Å²) in [6.07, 6.45) is 5.91. The fraction of sp³-hybridized carbons (Fsp3) is 0.800. The summed E-state index contributed by atoms with van der Waals surface area (Å²) in [5, 5.41) is 0. The van der Waals surface area contributed by atoms with Crippen LogP contribution in [0.5, 0.6) is 0 Å². The highest BCUT2D eigenvalue weighted by Crippen LogP contribution is 2.29. The van der Waals surface area contributed by atoms with E-state index in [1.165, 1.54) is 63.5 Å². The summed E-state index contributed by atoms with van der Waals surface area (Å²) in [6, 6.07) is 0.809. The molecular formula is C15H26N4. The first-order valence-corrected chi connectivity index (χ1v) is 7.74. The van der Waals surface area contributed by atoms with Gasteiger partial charge in [-0.15, -0.1) is 0 Å². The summed E-state index contributed by atoms with van der Waals surface area (Å²) >= 11 is 0. The molecule has 0 aromatic carbocycles. The van der Waals surface area contributed by atoms with Crippen molar-refractivity contribution in [3.05, 3.63) is 17.7 Å². The number of piperidine rings is 1. The largest absolute Gasteiger partial charge is 0.346 e. The Balaban J connectivity index is 1.54. The number of nitrogens with zero attached hydrogens (tertiary/aromatic N) is 3. The van der Waals surface area contributed by atoms with Crippen LogP contribution in [-0.2, 0) is 0 Å². The molecule has 2 aliphatic rings. The first-order chi connectivity index (χ1) is 9.26. The number of hydrogen-bond acceptors (Lipinski definition) is 3. The molecule has 2 fully saturated rings. The van der Waals surface area contributed by atoms with Gasteiger partial charge in [-0.25, -0.2) is 4.98 Å². The van der Waals surface area contributed by atoms with Crippen molar-refractivity contribution in [2.75, 3.05) is 32.7 Å². The summed E-state index contributed by atoms with van der Waals surface area (Å²) in [5.41, 5.74) is 1.18. The van der Waals surface area contributed by atoms with Crippen molar-refractivity contribution >= 4 is 0 Å². The van der Waals surface area contributed by atoms with E-state index in [0.717, 1.165) is 6.04 Å². The number of likely N-dealkylation sites (tertiary alicyclic amines) is 2. The van der Waals surface area contributed by atoms with Crippen molar-refractivity contribution in [3.63, 3.8) is 0 Å². The molecule has 3 rings (SSSR count). The highest BCUT2D eigenvalue weighted by Gasteiger charge is 2.32. The summed E-state index contributed by atoms with van der Waals surface area (Å²) in [6.45, 7) is 10.6. The number of imidazole rings is 1. The van der Waals surface area contributed by atoms with Crippen molar-refractivity contribution in [1.29, 1.82) is 0 Å². The molecule has 106 valence electrons. The van der Waals surface area contributed by atoms with Gasteiger partial charge in [0.1, 0.15) is 5.82 Å². The lowest BCUT2D eigenvalue weighted by atomic mass is 10.0. The summed E-state index contributed by atoms with van der Waals surface area (Å²) in [5.74, 6) is 1.82. The van der Waals surface area contributed by atoms with Crippen LogP contribution in [0.2, 0.25) is 0 Å². The Morgan fingerprint density at radius 1 is 1.26 bits per heavy atom. The second kappa shape index (κ2) is 5.63. The molecule has 4 nitrogen and oxygen atoms in total. The highest BCUT2D eigenvalue weighted by atomic mass is 15.2. The SMILES string of the molecule is CCN1CCC(N2CCC(c3ncc(C)[nH]3)C2)CC1. The smallest absolute Gasteiger partial charge is 0.110 e. The van der Waals surface area contributed by atoms with Gasteiger partial charge in [0.15, 0.2) is 0 Å². The Kier molecular flexibility index (Phi) is 3.89. The third-order valence-electron chi connectivity index (χ3n) is 4.85. The predicted molar refractivity (Wildman–Crippen MR) is 77.4 cm³/mol. The second-order valence-corrected chi connectivity index (χ2v) is 6.10. The molecule has 0 radical (unpaired) electrons. The average Bonchev–Trinajstić information content (AvgIpc) is 3.07. The number of hydrogen-bond donors (Lipinski definition) is 1. The van der Waals surface area contributed by atoms with Gasteiger partial charge in [0.2, 0.25) is 0 Å². The zero-order valence-electron chi connectivity index (χ0n) is 12.2. The van der Waals surface area contributed by atoms with Gasteiger partial charge in [-0.05, 0) is 52.4 Å². The maximum Gasteiger partial charge on any atom is 0.110 e. The average molecular weight is 262 g/mol. The fourth-order valence-electron chi connectivity index (χ4n) is 3.58. The lowest BCUT2D eigenvalue weighted by molar-refractivity contribution is 0.129. The normalized spacial score (nSPS) is 27.2. The van der Waals surface area contributed by atoms with Gasteiger partial charge in [-0.3, -0.25) is 4.90 Å². The van der Waals surface area contributed by atoms with Crippen LogP contribution >= 0.6 is 0 Å². The van der Waals surface area contributed by atoms with E-state index in [-0.39, 0.29) is 0 Å². The number of aromatic nitrogens is 2. The van der Waals surface area contributed by atoms with Gasteiger partial charge < -0.3 is 9.88 Å². The second-order valence-electron chi connectivity index (χ2n) is 6.10. The number of aromatic amines is 1. The Bertz CT molecular complexity index is 406.